The first-order valence-corrected chi connectivity index (χ1v) is 6.71. The summed E-state index contributed by atoms with van der Waals surface area (Å²) in [6, 6.07) is 5.55. The molecule has 2 N–H and O–H groups in total. The quantitative estimate of drug-likeness (QED) is 0.783. The molecule has 0 unspecified atom stereocenters. The first-order chi connectivity index (χ1) is 8.75. The molecule has 0 spiro atoms. The van der Waals surface area contributed by atoms with Crippen LogP contribution in [0.4, 0.5) is 5.00 Å². The summed E-state index contributed by atoms with van der Waals surface area (Å²) in [4.78, 5) is 8.51. The summed E-state index contributed by atoms with van der Waals surface area (Å²) in [5.74, 6) is 0.837. The number of nitrogen functional groups attached to an aromatic ring is 1. The Labute approximate surface area is 115 Å². The molecule has 0 aliphatic heterocycles. The van der Waals surface area contributed by atoms with Crippen LogP contribution < -0.4 is 5.73 Å². The molecule has 0 saturated heterocycles. The molecular formula is C11H7BrN4OS. The molecule has 18 heavy (non-hydrogen) atoms. The zero-order valence-corrected chi connectivity index (χ0v) is 11.4. The van der Waals surface area contributed by atoms with Gasteiger partial charge in [0.2, 0.25) is 5.82 Å². The lowest BCUT2D eigenvalue weighted by molar-refractivity contribution is 0.432. The highest BCUT2D eigenvalue weighted by Crippen LogP contribution is 2.31. The van der Waals surface area contributed by atoms with Crippen molar-refractivity contribution < 1.29 is 4.52 Å². The topological polar surface area (TPSA) is 77.8 Å². The van der Waals surface area contributed by atoms with Gasteiger partial charge in [-0.25, -0.2) is 0 Å². The van der Waals surface area contributed by atoms with Gasteiger partial charge >= 0.3 is 0 Å². The van der Waals surface area contributed by atoms with Crippen molar-refractivity contribution in [3.05, 3.63) is 34.2 Å². The minimum atomic E-state index is 0.404. The van der Waals surface area contributed by atoms with E-state index in [9.17, 15) is 0 Å². The number of rotatable bonds is 2. The second-order valence-corrected chi connectivity index (χ2v) is 5.26. The molecule has 0 aliphatic carbocycles. The molecule has 0 amide bonds. The smallest absolute Gasteiger partial charge is 0.261 e. The summed E-state index contributed by atoms with van der Waals surface area (Å²) in [6.45, 7) is 0. The van der Waals surface area contributed by atoms with E-state index >= 15 is 0 Å². The third-order valence-corrected chi connectivity index (χ3v) is 3.71. The lowest BCUT2D eigenvalue weighted by Crippen LogP contribution is -1.87. The fourth-order valence-corrected chi connectivity index (χ4v) is 2.54. The predicted octanol–water partition coefficient (Wildman–Crippen LogP) is 3.20. The van der Waals surface area contributed by atoms with Gasteiger partial charge < -0.3 is 10.3 Å². The molecule has 90 valence electrons. The number of pyridine rings is 1. The average molecular weight is 323 g/mol. The van der Waals surface area contributed by atoms with Crippen molar-refractivity contribution in [2.75, 3.05) is 5.73 Å². The van der Waals surface area contributed by atoms with Crippen molar-refractivity contribution in [2.24, 2.45) is 0 Å². The number of anilines is 1. The number of nitrogens with zero attached hydrogens (tertiary/aromatic N) is 3. The predicted molar refractivity (Wildman–Crippen MR) is 73.0 cm³/mol. The van der Waals surface area contributed by atoms with E-state index in [0.29, 0.717) is 22.4 Å². The highest BCUT2D eigenvalue weighted by atomic mass is 79.9. The summed E-state index contributed by atoms with van der Waals surface area (Å²) < 4.78 is 6.02. The summed E-state index contributed by atoms with van der Waals surface area (Å²) in [7, 11) is 0. The van der Waals surface area contributed by atoms with Crippen LogP contribution in [0, 0.1) is 0 Å². The minimum Gasteiger partial charge on any atom is -0.390 e. The molecule has 3 aromatic heterocycles. The van der Waals surface area contributed by atoms with Gasteiger partial charge in [0, 0.05) is 10.7 Å². The summed E-state index contributed by atoms with van der Waals surface area (Å²) in [5.41, 5.74) is 7.21. The van der Waals surface area contributed by atoms with Crippen molar-refractivity contribution in [3.8, 4) is 23.0 Å². The number of hydrogen-bond acceptors (Lipinski definition) is 6. The number of nitrogens with two attached hydrogens (primary N) is 1. The molecule has 0 atom stereocenters. The van der Waals surface area contributed by atoms with Crippen LogP contribution in [0.15, 0.2) is 38.8 Å². The standard InChI is InChI=1S/C11H7BrN4OS/c12-7-2-1-4-14-8(7)10-15-11(17-16-10)6-3-5-18-9(6)13/h1-5H,13H2. The average Bonchev–Trinajstić information content (AvgIpc) is 2.98. The second kappa shape index (κ2) is 4.51. The maximum absolute atomic E-state index is 5.82. The summed E-state index contributed by atoms with van der Waals surface area (Å²) >= 11 is 4.83. The molecule has 5 nitrogen and oxygen atoms in total. The number of hydrogen-bond donors (Lipinski definition) is 1. The molecule has 7 heteroatoms. The Kier molecular flexibility index (Phi) is 2.85. The van der Waals surface area contributed by atoms with Gasteiger partial charge in [-0.3, -0.25) is 4.98 Å². The zero-order chi connectivity index (χ0) is 12.5. The summed E-state index contributed by atoms with van der Waals surface area (Å²) in [6.07, 6.45) is 1.68. The third-order valence-electron chi connectivity index (χ3n) is 2.32. The van der Waals surface area contributed by atoms with Crippen LogP contribution in [0.3, 0.4) is 0 Å². The van der Waals surface area contributed by atoms with Crippen LogP contribution in [0.5, 0.6) is 0 Å². The van der Waals surface area contributed by atoms with Crippen LogP contribution in [-0.2, 0) is 0 Å². The fourth-order valence-electron chi connectivity index (χ4n) is 1.48. The van der Waals surface area contributed by atoms with Gasteiger partial charge in [-0.2, -0.15) is 4.98 Å². The van der Waals surface area contributed by atoms with Crippen molar-refractivity contribution >= 4 is 32.3 Å². The number of thiophene rings is 1. The molecule has 0 fully saturated rings. The molecule has 0 bridgehead atoms. The zero-order valence-electron chi connectivity index (χ0n) is 9.00. The summed E-state index contributed by atoms with van der Waals surface area (Å²) in [5, 5.41) is 6.45. The number of halogens is 1. The van der Waals surface area contributed by atoms with Crippen LogP contribution in [0.25, 0.3) is 23.0 Å². The van der Waals surface area contributed by atoms with Crippen LogP contribution in [0.2, 0.25) is 0 Å². The maximum atomic E-state index is 5.82. The first kappa shape index (κ1) is 11.4. The van der Waals surface area contributed by atoms with Crippen LogP contribution >= 0.6 is 27.3 Å². The van der Waals surface area contributed by atoms with Gasteiger partial charge in [0.25, 0.3) is 5.89 Å². The Morgan fingerprint density at radius 2 is 2.22 bits per heavy atom. The molecule has 0 saturated carbocycles. The first-order valence-electron chi connectivity index (χ1n) is 5.03. The lowest BCUT2D eigenvalue weighted by atomic mass is 10.3. The van der Waals surface area contributed by atoms with Gasteiger partial charge in [-0.1, -0.05) is 5.16 Å². The van der Waals surface area contributed by atoms with Crippen molar-refractivity contribution in [2.45, 2.75) is 0 Å². The van der Waals surface area contributed by atoms with Gasteiger partial charge in [0.15, 0.2) is 0 Å². The number of aromatic nitrogens is 3. The molecule has 0 radical (unpaired) electrons. The Balaban J connectivity index is 2.05. The highest BCUT2D eigenvalue weighted by Gasteiger charge is 2.15. The molecule has 3 aromatic rings. The Morgan fingerprint density at radius 3 is 2.94 bits per heavy atom. The van der Waals surface area contributed by atoms with E-state index in [0.717, 1.165) is 10.0 Å². The molecule has 0 aromatic carbocycles. The van der Waals surface area contributed by atoms with Crippen LogP contribution in [-0.4, -0.2) is 15.1 Å². The van der Waals surface area contributed by atoms with Crippen molar-refractivity contribution in [1.29, 1.82) is 0 Å². The van der Waals surface area contributed by atoms with E-state index in [1.54, 1.807) is 6.20 Å². The molecule has 3 rings (SSSR count). The van der Waals surface area contributed by atoms with Crippen molar-refractivity contribution in [1.82, 2.24) is 15.1 Å². The second-order valence-electron chi connectivity index (χ2n) is 3.46. The Hall–Kier alpha value is -1.73. The van der Waals surface area contributed by atoms with Crippen molar-refractivity contribution in [3.63, 3.8) is 0 Å². The van der Waals surface area contributed by atoms with E-state index in [1.807, 2.05) is 23.6 Å². The van der Waals surface area contributed by atoms with E-state index in [4.69, 9.17) is 10.3 Å². The van der Waals surface area contributed by atoms with E-state index < -0.39 is 0 Å². The van der Waals surface area contributed by atoms with E-state index in [-0.39, 0.29) is 0 Å². The van der Waals surface area contributed by atoms with Crippen LogP contribution in [0.1, 0.15) is 0 Å². The molecule has 3 heterocycles. The maximum Gasteiger partial charge on any atom is 0.261 e. The highest BCUT2D eigenvalue weighted by molar-refractivity contribution is 9.10. The SMILES string of the molecule is Nc1sccc1-c1nc(-c2ncccc2Br)no1. The lowest BCUT2D eigenvalue weighted by Gasteiger charge is -1.95. The fraction of sp³-hybridized carbons (Fsp3) is 0. The van der Waals surface area contributed by atoms with Gasteiger partial charge in [-0.15, -0.1) is 11.3 Å². The Morgan fingerprint density at radius 1 is 1.33 bits per heavy atom. The molecular weight excluding hydrogens is 316 g/mol. The van der Waals surface area contributed by atoms with E-state index in [1.165, 1.54) is 11.3 Å². The van der Waals surface area contributed by atoms with E-state index in [2.05, 4.69) is 31.1 Å². The van der Waals surface area contributed by atoms with Gasteiger partial charge in [0.1, 0.15) is 5.69 Å². The normalized spacial score (nSPS) is 10.7. The Bertz CT molecular complexity index is 694. The third kappa shape index (κ3) is 1.91. The monoisotopic (exact) mass is 322 g/mol. The van der Waals surface area contributed by atoms with Gasteiger partial charge in [0.05, 0.1) is 10.6 Å². The van der Waals surface area contributed by atoms with Gasteiger partial charge in [-0.05, 0) is 39.5 Å². The minimum absolute atomic E-state index is 0.404. The molecule has 0 aliphatic rings. The largest absolute Gasteiger partial charge is 0.390 e.